The minimum Gasteiger partial charge on any atom is -0.390 e. The van der Waals surface area contributed by atoms with E-state index in [-0.39, 0.29) is 11.4 Å². The number of carbonyl (C=O) groups excluding carboxylic acids is 1. The first kappa shape index (κ1) is 19.1. The van der Waals surface area contributed by atoms with E-state index in [1.807, 2.05) is 30.5 Å². The number of nitrogens with zero attached hydrogens (tertiary/aromatic N) is 1. The molecule has 29 heavy (non-hydrogen) atoms. The first-order valence-electron chi connectivity index (χ1n) is 11.2. The number of amides is 1. The summed E-state index contributed by atoms with van der Waals surface area (Å²) in [6.45, 7) is -0.0344. The van der Waals surface area contributed by atoms with E-state index in [0.29, 0.717) is 19.4 Å². The van der Waals surface area contributed by atoms with Crippen LogP contribution < -0.4 is 5.32 Å². The Morgan fingerprint density at radius 3 is 2.48 bits per heavy atom. The molecule has 4 aliphatic rings. The fraction of sp³-hybridized carbons (Fsp3) is 0.625. The number of halogens is 1. The van der Waals surface area contributed by atoms with Gasteiger partial charge in [-0.2, -0.15) is 0 Å². The number of alkyl halides is 1. The van der Waals surface area contributed by atoms with E-state index < -0.39 is 12.8 Å². The van der Waals surface area contributed by atoms with Crippen LogP contribution in [0.2, 0.25) is 0 Å². The number of rotatable bonds is 7. The Labute approximate surface area is 171 Å². The highest BCUT2D eigenvalue weighted by molar-refractivity contribution is 6.07. The highest BCUT2D eigenvalue weighted by Crippen LogP contribution is 2.55. The second-order valence-electron chi connectivity index (χ2n) is 9.86. The van der Waals surface area contributed by atoms with Crippen molar-refractivity contribution in [2.75, 3.05) is 6.67 Å². The molecule has 0 spiro atoms. The number of para-hydroxylation sites is 1. The lowest BCUT2D eigenvalue weighted by molar-refractivity contribution is -0.0166. The fourth-order valence-electron chi connectivity index (χ4n) is 6.76. The molecule has 4 aliphatic carbocycles. The number of aliphatic hydroxyl groups excluding tert-OH is 1. The van der Waals surface area contributed by atoms with Crippen LogP contribution in [0.5, 0.6) is 0 Å². The van der Waals surface area contributed by atoms with Crippen molar-refractivity contribution < 1.29 is 14.3 Å². The fourth-order valence-corrected chi connectivity index (χ4v) is 6.76. The van der Waals surface area contributed by atoms with E-state index in [4.69, 9.17) is 0 Å². The van der Waals surface area contributed by atoms with E-state index in [9.17, 15) is 14.3 Å². The molecule has 0 aliphatic heterocycles. The lowest BCUT2D eigenvalue weighted by atomic mass is 9.53. The van der Waals surface area contributed by atoms with Gasteiger partial charge in [0.15, 0.2) is 0 Å². The molecular formula is C24H31FN2O2. The molecule has 5 heteroatoms. The molecule has 0 saturated heterocycles. The maximum Gasteiger partial charge on any atom is 0.253 e. The molecule has 2 aromatic rings. The second kappa shape index (κ2) is 7.42. The minimum absolute atomic E-state index is 0.000270. The smallest absolute Gasteiger partial charge is 0.253 e. The molecule has 1 aromatic heterocycles. The van der Waals surface area contributed by atoms with Crippen molar-refractivity contribution in [3.05, 3.63) is 36.0 Å². The van der Waals surface area contributed by atoms with Gasteiger partial charge in [-0.3, -0.25) is 4.79 Å². The standard InChI is InChI=1S/C24H31FN2O2/c25-14-19(28)4-3-7-27-15-21(20-5-1-2-6-22(20)27)23(29)26-24-11-16-8-17(12-24)10-18(9-16)13-24/h1-2,5-6,15-19,28H,3-4,7-14H2,(H,26,29). The average molecular weight is 399 g/mol. The number of hydrogen-bond donors (Lipinski definition) is 2. The minimum atomic E-state index is -0.893. The van der Waals surface area contributed by atoms with Gasteiger partial charge in [0.1, 0.15) is 6.67 Å². The Hall–Kier alpha value is -1.88. The van der Waals surface area contributed by atoms with Crippen LogP contribution >= 0.6 is 0 Å². The first-order valence-corrected chi connectivity index (χ1v) is 11.2. The van der Waals surface area contributed by atoms with Gasteiger partial charge < -0.3 is 15.0 Å². The molecule has 156 valence electrons. The van der Waals surface area contributed by atoms with E-state index in [2.05, 4.69) is 9.88 Å². The van der Waals surface area contributed by atoms with Crippen molar-refractivity contribution in [2.45, 2.75) is 69.6 Å². The van der Waals surface area contributed by atoms with Crippen molar-refractivity contribution in [3.63, 3.8) is 0 Å². The van der Waals surface area contributed by atoms with Crippen LogP contribution in [0.3, 0.4) is 0 Å². The molecule has 1 amide bonds. The lowest BCUT2D eigenvalue weighted by Crippen LogP contribution is -2.59. The number of fused-ring (bicyclic) bond motifs is 1. The van der Waals surface area contributed by atoms with Gasteiger partial charge in [0.25, 0.3) is 5.91 Å². The summed E-state index contributed by atoms with van der Waals surface area (Å²) in [5.41, 5.74) is 1.76. The highest BCUT2D eigenvalue weighted by Gasteiger charge is 2.51. The first-order chi connectivity index (χ1) is 14.0. The van der Waals surface area contributed by atoms with Gasteiger partial charge in [-0.25, -0.2) is 4.39 Å². The number of nitrogens with one attached hydrogen (secondary N) is 1. The van der Waals surface area contributed by atoms with Gasteiger partial charge in [0.05, 0.1) is 11.7 Å². The molecule has 6 rings (SSSR count). The Morgan fingerprint density at radius 1 is 1.17 bits per heavy atom. The summed E-state index contributed by atoms with van der Waals surface area (Å²) in [5, 5.41) is 13.9. The van der Waals surface area contributed by atoms with Crippen molar-refractivity contribution in [1.82, 2.24) is 9.88 Å². The maximum absolute atomic E-state index is 13.4. The van der Waals surface area contributed by atoms with Gasteiger partial charge in [0.2, 0.25) is 0 Å². The summed E-state index contributed by atoms with van der Waals surface area (Å²) in [6, 6.07) is 8.00. The molecule has 1 aromatic carbocycles. The normalized spacial score (nSPS) is 31.3. The van der Waals surface area contributed by atoms with Crippen LogP contribution in [-0.4, -0.2) is 33.9 Å². The van der Waals surface area contributed by atoms with Crippen LogP contribution in [0, 0.1) is 17.8 Å². The third-order valence-electron chi connectivity index (χ3n) is 7.56. The van der Waals surface area contributed by atoms with Gasteiger partial charge in [0, 0.05) is 29.2 Å². The number of hydrogen-bond acceptors (Lipinski definition) is 2. The van der Waals surface area contributed by atoms with E-state index in [1.165, 1.54) is 19.3 Å². The Morgan fingerprint density at radius 2 is 1.83 bits per heavy atom. The van der Waals surface area contributed by atoms with Crippen molar-refractivity contribution in [1.29, 1.82) is 0 Å². The van der Waals surface area contributed by atoms with E-state index >= 15 is 0 Å². The number of aryl methyl sites for hydroxylation is 1. The molecule has 1 heterocycles. The molecule has 4 nitrogen and oxygen atoms in total. The van der Waals surface area contributed by atoms with Crippen molar-refractivity contribution >= 4 is 16.8 Å². The molecule has 4 bridgehead atoms. The summed E-state index contributed by atoms with van der Waals surface area (Å²) in [7, 11) is 0. The van der Waals surface area contributed by atoms with Crippen molar-refractivity contribution in [2.24, 2.45) is 17.8 Å². The van der Waals surface area contributed by atoms with Crippen LogP contribution in [0.4, 0.5) is 4.39 Å². The Balaban J connectivity index is 1.36. The Bertz CT molecular complexity index is 870. The maximum atomic E-state index is 13.4. The zero-order valence-electron chi connectivity index (χ0n) is 16.9. The number of benzene rings is 1. The average Bonchev–Trinajstić information content (AvgIpc) is 3.05. The van der Waals surface area contributed by atoms with Crippen LogP contribution in [0.15, 0.2) is 30.5 Å². The van der Waals surface area contributed by atoms with Gasteiger partial charge in [-0.1, -0.05) is 18.2 Å². The van der Waals surface area contributed by atoms with Gasteiger partial charge >= 0.3 is 0 Å². The largest absolute Gasteiger partial charge is 0.390 e. The molecular weight excluding hydrogens is 367 g/mol. The number of aromatic nitrogens is 1. The highest BCUT2D eigenvalue weighted by atomic mass is 19.1. The molecule has 0 radical (unpaired) electrons. The predicted molar refractivity (Wildman–Crippen MR) is 112 cm³/mol. The van der Waals surface area contributed by atoms with Crippen LogP contribution in [0.25, 0.3) is 10.9 Å². The van der Waals surface area contributed by atoms with Crippen LogP contribution in [0.1, 0.15) is 61.7 Å². The summed E-state index contributed by atoms with van der Waals surface area (Å²) >= 11 is 0. The Kier molecular flexibility index (Phi) is 4.89. The SMILES string of the molecule is O=C(NC12CC3CC(CC(C3)C1)C2)c1cn(CCCC(O)CF)c2ccccc12. The third kappa shape index (κ3) is 3.58. The lowest BCUT2D eigenvalue weighted by Gasteiger charge is -2.56. The third-order valence-corrected chi connectivity index (χ3v) is 7.56. The monoisotopic (exact) mass is 398 g/mol. The topological polar surface area (TPSA) is 54.3 Å². The molecule has 2 N–H and O–H groups in total. The molecule has 4 saturated carbocycles. The molecule has 4 fully saturated rings. The summed E-state index contributed by atoms with van der Waals surface area (Å²) < 4.78 is 14.6. The predicted octanol–water partition coefficient (Wildman–Crippen LogP) is 4.45. The van der Waals surface area contributed by atoms with Crippen molar-refractivity contribution in [3.8, 4) is 0 Å². The zero-order chi connectivity index (χ0) is 20.0. The number of carbonyl (C=O) groups is 1. The molecule has 1 atom stereocenters. The second-order valence-corrected chi connectivity index (χ2v) is 9.86. The molecule has 1 unspecified atom stereocenters. The van der Waals surface area contributed by atoms with Gasteiger partial charge in [-0.05, 0) is 75.2 Å². The number of aliphatic hydroxyl groups is 1. The van der Waals surface area contributed by atoms with Crippen LogP contribution in [-0.2, 0) is 6.54 Å². The van der Waals surface area contributed by atoms with Gasteiger partial charge in [-0.15, -0.1) is 0 Å². The summed E-state index contributed by atoms with van der Waals surface area (Å²) in [5.74, 6) is 2.44. The zero-order valence-corrected chi connectivity index (χ0v) is 16.9. The van der Waals surface area contributed by atoms with E-state index in [1.54, 1.807) is 0 Å². The van der Waals surface area contributed by atoms with E-state index in [0.717, 1.165) is 53.5 Å². The quantitative estimate of drug-likeness (QED) is 0.724. The summed E-state index contributed by atoms with van der Waals surface area (Å²) in [4.78, 5) is 13.4. The summed E-state index contributed by atoms with van der Waals surface area (Å²) in [6.07, 6.45) is 9.67.